The minimum atomic E-state index is 1.02. The summed E-state index contributed by atoms with van der Waals surface area (Å²) in [5.74, 6) is 1.17. The second-order valence-corrected chi connectivity index (χ2v) is 4.42. The van der Waals surface area contributed by atoms with E-state index in [-0.39, 0.29) is 0 Å². The average Bonchev–Trinajstić information content (AvgIpc) is 2.55. The molecule has 2 heteroatoms. The van der Waals surface area contributed by atoms with Crippen LogP contribution in [0, 0.1) is 0 Å². The highest BCUT2D eigenvalue weighted by atomic mass is 32.2. The fourth-order valence-electron chi connectivity index (χ4n) is 1.37. The van der Waals surface area contributed by atoms with E-state index in [1.165, 1.54) is 29.2 Å². The Morgan fingerprint density at radius 3 is 2.75 bits per heavy atom. The molecule has 0 aliphatic carbocycles. The Kier molecular flexibility index (Phi) is 10.7. The smallest absolute Gasteiger partial charge is 0.0987 e. The van der Waals surface area contributed by atoms with Crippen LogP contribution < -0.4 is 0 Å². The van der Waals surface area contributed by atoms with Gasteiger partial charge in [0.05, 0.1) is 5.03 Å². The lowest BCUT2D eigenvalue weighted by Crippen LogP contribution is -1.84. The molecule has 1 rings (SSSR count). The van der Waals surface area contributed by atoms with Crippen molar-refractivity contribution in [2.75, 3.05) is 5.75 Å². The lowest BCUT2D eigenvalue weighted by molar-refractivity contribution is 0.920. The molecule has 0 N–H and O–H groups in total. The molecule has 0 aromatic carbocycles. The van der Waals surface area contributed by atoms with E-state index in [1.54, 1.807) is 0 Å². The molecule has 0 unspecified atom stereocenters. The predicted octanol–water partition coefficient (Wildman–Crippen LogP) is 5.20. The van der Waals surface area contributed by atoms with Crippen molar-refractivity contribution in [2.45, 2.75) is 53.4 Å². The summed E-state index contributed by atoms with van der Waals surface area (Å²) >= 11 is 1.89. The first-order valence-electron chi connectivity index (χ1n) is 6.43. The largest absolute Gasteiger partial charge is 0.254 e. The first-order valence-corrected chi connectivity index (χ1v) is 7.42. The summed E-state index contributed by atoms with van der Waals surface area (Å²) in [6.07, 6.45) is 11.1. The van der Waals surface area contributed by atoms with Crippen molar-refractivity contribution in [3.63, 3.8) is 0 Å². The Morgan fingerprint density at radius 2 is 2.12 bits per heavy atom. The van der Waals surface area contributed by atoms with E-state index in [4.69, 9.17) is 0 Å². The monoisotopic (exact) mass is 239 g/mol. The molecule has 1 nitrogen and oxygen atoms in total. The Hall–Kier alpha value is -0.500. The van der Waals surface area contributed by atoms with Crippen LogP contribution in [0.4, 0.5) is 0 Å². The van der Waals surface area contributed by atoms with Crippen LogP contribution >= 0.6 is 11.8 Å². The predicted molar refractivity (Wildman–Crippen MR) is 78.3 cm³/mol. The van der Waals surface area contributed by atoms with Gasteiger partial charge >= 0.3 is 0 Å². The van der Waals surface area contributed by atoms with Gasteiger partial charge < -0.3 is 0 Å². The van der Waals surface area contributed by atoms with Crippen LogP contribution in [0.3, 0.4) is 0 Å². The molecule has 0 radical (unpaired) electrons. The number of thioether (sulfide) groups is 1. The topological polar surface area (TPSA) is 12.4 Å². The van der Waals surface area contributed by atoms with E-state index in [0.29, 0.717) is 0 Å². The van der Waals surface area contributed by atoms with Crippen LogP contribution in [-0.2, 0) is 0 Å². The summed E-state index contributed by atoms with van der Waals surface area (Å²) in [6, 6.07) is 0. The van der Waals surface area contributed by atoms with Crippen molar-refractivity contribution in [3.8, 4) is 0 Å². The zero-order chi connectivity index (χ0) is 12.2. The van der Waals surface area contributed by atoms with Crippen LogP contribution in [0.1, 0.15) is 53.4 Å². The fraction of sp³-hybridized carbons (Fsp3) is 0.643. The minimum Gasteiger partial charge on any atom is -0.254 e. The molecule has 1 aliphatic rings. The van der Waals surface area contributed by atoms with Gasteiger partial charge in [0, 0.05) is 12.0 Å². The number of rotatable bonds is 4. The number of hydrogen-bond donors (Lipinski definition) is 0. The Morgan fingerprint density at radius 1 is 1.38 bits per heavy atom. The summed E-state index contributed by atoms with van der Waals surface area (Å²) in [6.45, 7) is 8.35. The molecule has 1 heterocycles. The van der Waals surface area contributed by atoms with E-state index in [2.05, 4.69) is 31.0 Å². The highest BCUT2D eigenvalue weighted by Gasteiger charge is 2.05. The normalized spacial score (nSPS) is 16.0. The van der Waals surface area contributed by atoms with Gasteiger partial charge in [-0.15, -0.1) is 11.8 Å². The average molecular weight is 239 g/mol. The van der Waals surface area contributed by atoms with E-state index < -0.39 is 0 Å². The maximum atomic E-state index is 4.53. The summed E-state index contributed by atoms with van der Waals surface area (Å²) in [7, 11) is 0. The van der Waals surface area contributed by atoms with Crippen molar-refractivity contribution in [1.29, 1.82) is 0 Å². The maximum Gasteiger partial charge on any atom is 0.0987 e. The Balaban J connectivity index is 0.00000106. The third kappa shape index (κ3) is 6.16. The summed E-state index contributed by atoms with van der Waals surface area (Å²) in [5.41, 5.74) is 1.42. The number of allylic oxidation sites excluding steroid dienone is 3. The molecular weight excluding hydrogens is 214 g/mol. The van der Waals surface area contributed by atoms with Crippen LogP contribution in [0.5, 0.6) is 0 Å². The van der Waals surface area contributed by atoms with Gasteiger partial charge in [-0.25, -0.2) is 0 Å². The first-order chi connectivity index (χ1) is 7.88. The van der Waals surface area contributed by atoms with E-state index in [0.717, 1.165) is 12.8 Å². The third-order valence-corrected chi connectivity index (χ3v) is 3.11. The number of nitrogens with zero attached hydrogens (tertiary/aromatic N) is 1. The van der Waals surface area contributed by atoms with Gasteiger partial charge in [-0.05, 0) is 24.8 Å². The van der Waals surface area contributed by atoms with E-state index in [9.17, 15) is 0 Å². The SMILES string of the molecule is CC.CC/C=N\C1=C(CCC)C=CCCS1. The fourth-order valence-corrected chi connectivity index (χ4v) is 2.32. The zero-order valence-corrected chi connectivity index (χ0v) is 11.9. The number of hydrogen-bond acceptors (Lipinski definition) is 2. The van der Waals surface area contributed by atoms with Crippen LogP contribution in [0.25, 0.3) is 0 Å². The first kappa shape index (κ1) is 15.5. The zero-order valence-electron chi connectivity index (χ0n) is 11.1. The van der Waals surface area contributed by atoms with Crippen molar-refractivity contribution >= 4 is 18.0 Å². The highest BCUT2D eigenvalue weighted by Crippen LogP contribution is 2.28. The quantitative estimate of drug-likeness (QED) is 0.614. The van der Waals surface area contributed by atoms with Crippen molar-refractivity contribution in [1.82, 2.24) is 0 Å². The van der Waals surface area contributed by atoms with Crippen LogP contribution in [0.15, 0.2) is 27.7 Å². The van der Waals surface area contributed by atoms with Crippen LogP contribution in [0.2, 0.25) is 0 Å². The standard InChI is InChI=1S/C12H19NS.C2H6/c1-3-7-11-8-5-6-10-14-12(11)13-9-4-2;1-2/h5,8-9H,3-4,6-7,10H2,1-2H3;1-2H3/b13-9-;. The van der Waals surface area contributed by atoms with Gasteiger partial charge in [0.1, 0.15) is 0 Å². The summed E-state index contributed by atoms with van der Waals surface area (Å²) in [4.78, 5) is 4.53. The van der Waals surface area contributed by atoms with Gasteiger partial charge in [0.25, 0.3) is 0 Å². The molecule has 0 saturated carbocycles. The summed E-state index contributed by atoms with van der Waals surface area (Å²) in [5, 5.41) is 1.24. The van der Waals surface area contributed by atoms with Crippen molar-refractivity contribution in [2.24, 2.45) is 4.99 Å². The second-order valence-electron chi connectivity index (χ2n) is 3.34. The third-order valence-electron chi connectivity index (χ3n) is 2.03. The lowest BCUT2D eigenvalue weighted by atomic mass is 10.1. The molecular formula is C14H25NS. The van der Waals surface area contributed by atoms with Gasteiger partial charge in [0.15, 0.2) is 0 Å². The van der Waals surface area contributed by atoms with Gasteiger partial charge in [-0.3, -0.25) is 4.99 Å². The van der Waals surface area contributed by atoms with E-state index in [1.807, 2.05) is 31.8 Å². The van der Waals surface area contributed by atoms with Crippen molar-refractivity contribution in [3.05, 3.63) is 22.8 Å². The molecule has 0 saturated heterocycles. The number of aliphatic imine (C=N–C) groups is 1. The maximum absolute atomic E-state index is 4.53. The molecule has 0 fully saturated rings. The highest BCUT2D eigenvalue weighted by molar-refractivity contribution is 8.03. The molecule has 0 bridgehead atoms. The molecule has 0 atom stereocenters. The van der Waals surface area contributed by atoms with Gasteiger partial charge in [-0.1, -0.05) is 46.3 Å². The summed E-state index contributed by atoms with van der Waals surface area (Å²) < 4.78 is 0. The van der Waals surface area contributed by atoms with E-state index >= 15 is 0 Å². The minimum absolute atomic E-state index is 1.02. The molecule has 92 valence electrons. The molecule has 16 heavy (non-hydrogen) atoms. The van der Waals surface area contributed by atoms with Crippen LogP contribution in [-0.4, -0.2) is 12.0 Å². The molecule has 0 amide bonds. The second kappa shape index (κ2) is 11.0. The van der Waals surface area contributed by atoms with Crippen molar-refractivity contribution < 1.29 is 0 Å². The molecule has 0 aromatic heterocycles. The Labute approximate surface area is 105 Å². The lowest BCUT2D eigenvalue weighted by Gasteiger charge is -2.04. The molecule has 0 spiro atoms. The van der Waals surface area contributed by atoms with Gasteiger partial charge in [0.2, 0.25) is 0 Å². The Bertz CT molecular complexity index is 251. The molecule has 1 aliphatic heterocycles. The van der Waals surface area contributed by atoms with Gasteiger partial charge in [-0.2, -0.15) is 0 Å². The molecule has 0 aromatic rings.